The van der Waals surface area contributed by atoms with E-state index in [0.717, 1.165) is 6.54 Å². The van der Waals surface area contributed by atoms with Gasteiger partial charge in [0.25, 0.3) is 0 Å². The lowest BCUT2D eigenvalue weighted by Gasteiger charge is -2.19. The quantitative estimate of drug-likeness (QED) is 0.629. The van der Waals surface area contributed by atoms with Crippen molar-refractivity contribution in [3.63, 3.8) is 0 Å². The molecule has 1 aliphatic rings. The maximum Gasteiger partial charge on any atom is 0.644 e. The lowest BCUT2D eigenvalue weighted by Crippen LogP contribution is -2.59. The first-order chi connectivity index (χ1) is 6.92. The first kappa shape index (κ1) is 9.07. The third-order valence-electron chi connectivity index (χ3n) is 2.42. The van der Waals surface area contributed by atoms with Crippen LogP contribution in [0.25, 0.3) is 0 Å². The minimum Gasteiger partial charge on any atom is -0.353 e. The minimum absolute atomic E-state index is 0.325. The van der Waals surface area contributed by atoms with Crippen LogP contribution < -0.4 is 4.48 Å². The molecule has 2 rings (SSSR count). The zero-order chi connectivity index (χ0) is 9.80. The predicted octanol–water partition coefficient (Wildman–Crippen LogP) is 1.25. The largest absolute Gasteiger partial charge is 0.644 e. The molecule has 0 fully saturated rings. The van der Waals surface area contributed by atoms with Gasteiger partial charge >= 0.3 is 6.98 Å². The van der Waals surface area contributed by atoms with E-state index in [1.54, 1.807) is 0 Å². The smallest absolute Gasteiger partial charge is 0.353 e. The number of rotatable bonds is 2. The Kier molecular flexibility index (Phi) is 2.68. The van der Waals surface area contributed by atoms with Crippen LogP contribution in [-0.2, 0) is 0 Å². The van der Waals surface area contributed by atoms with Gasteiger partial charge in [0.1, 0.15) is 12.4 Å². The Morgan fingerprint density at radius 2 is 1.93 bits per heavy atom. The van der Waals surface area contributed by atoms with Crippen molar-refractivity contribution in [2.24, 2.45) is 0 Å². The second kappa shape index (κ2) is 4.14. The van der Waals surface area contributed by atoms with Crippen LogP contribution in [0.2, 0.25) is 0 Å². The van der Waals surface area contributed by atoms with E-state index in [1.165, 1.54) is 0 Å². The molecule has 1 aliphatic heterocycles. The lowest BCUT2D eigenvalue weighted by atomic mass is 9.72. The second-order valence-electron chi connectivity index (χ2n) is 3.29. The van der Waals surface area contributed by atoms with Gasteiger partial charge in [-0.1, -0.05) is 12.1 Å². The highest BCUT2D eigenvalue weighted by Gasteiger charge is 2.32. The van der Waals surface area contributed by atoms with Crippen molar-refractivity contribution < 1.29 is 4.48 Å². The Morgan fingerprint density at radius 3 is 2.64 bits per heavy atom. The Balaban J connectivity index is 2.25. The molecule has 0 spiro atoms. The van der Waals surface area contributed by atoms with Gasteiger partial charge in [0.05, 0.1) is 0 Å². The van der Waals surface area contributed by atoms with Crippen LogP contribution in [-0.4, -0.2) is 18.3 Å². The molecule has 0 atom stereocenters. The number of aromatic nitrogens is 1. The van der Waals surface area contributed by atoms with Crippen LogP contribution in [0.1, 0.15) is 6.92 Å². The first-order valence-electron chi connectivity index (χ1n) is 4.98. The highest BCUT2D eigenvalue weighted by Crippen LogP contribution is 2.01. The topological polar surface area (TPSA) is 7.12 Å². The molecular formula is C11H14BN2+. The van der Waals surface area contributed by atoms with Crippen molar-refractivity contribution >= 4 is 6.98 Å². The molecule has 0 aromatic carbocycles. The molecule has 0 N–H and O–H groups in total. The summed E-state index contributed by atoms with van der Waals surface area (Å²) in [6, 6.07) is 6.15. The van der Waals surface area contributed by atoms with E-state index in [0.29, 0.717) is 6.98 Å². The number of hydrogen-bond acceptors (Lipinski definition) is 1. The summed E-state index contributed by atoms with van der Waals surface area (Å²) in [5.74, 6) is 2.20. The van der Waals surface area contributed by atoms with Crippen molar-refractivity contribution in [1.29, 1.82) is 0 Å². The zero-order valence-corrected chi connectivity index (χ0v) is 8.38. The first-order valence-corrected chi connectivity index (χ1v) is 4.98. The maximum atomic E-state index is 2.29. The average Bonchev–Trinajstić information content (AvgIpc) is 2.30. The number of hydrogen-bond donors (Lipinski definition) is 0. The van der Waals surface area contributed by atoms with E-state index in [9.17, 15) is 0 Å². The summed E-state index contributed by atoms with van der Waals surface area (Å²) in [4.78, 5) is 2.29. The van der Waals surface area contributed by atoms with Crippen LogP contribution in [0, 0.1) is 0 Å². The van der Waals surface area contributed by atoms with Crippen molar-refractivity contribution in [1.82, 2.24) is 4.81 Å². The summed E-state index contributed by atoms with van der Waals surface area (Å²) in [6.07, 6.45) is 10.5. The third kappa shape index (κ3) is 1.71. The molecule has 1 aromatic rings. The lowest BCUT2D eigenvalue weighted by molar-refractivity contribution is -0.542. The monoisotopic (exact) mass is 185 g/mol. The molecule has 2 heterocycles. The van der Waals surface area contributed by atoms with Crippen molar-refractivity contribution in [3.8, 4) is 0 Å². The van der Waals surface area contributed by atoms with Crippen molar-refractivity contribution in [2.75, 3.05) is 6.54 Å². The number of nitrogens with zero attached hydrogens (tertiary/aromatic N) is 2. The predicted molar refractivity (Wildman–Crippen MR) is 58.4 cm³/mol. The van der Waals surface area contributed by atoms with Gasteiger partial charge < -0.3 is 4.81 Å². The second-order valence-corrected chi connectivity index (χ2v) is 3.29. The van der Waals surface area contributed by atoms with E-state index >= 15 is 0 Å². The van der Waals surface area contributed by atoms with Crippen LogP contribution in [0.5, 0.6) is 0 Å². The summed E-state index contributed by atoms with van der Waals surface area (Å²) in [7, 11) is 0. The van der Waals surface area contributed by atoms with E-state index in [4.69, 9.17) is 0 Å². The summed E-state index contributed by atoms with van der Waals surface area (Å²) < 4.78 is 2.20. The van der Waals surface area contributed by atoms with Crippen molar-refractivity contribution in [2.45, 2.75) is 6.92 Å². The maximum absolute atomic E-state index is 2.29. The summed E-state index contributed by atoms with van der Waals surface area (Å²) in [6.45, 7) is 3.51. The van der Waals surface area contributed by atoms with E-state index in [1.807, 2.05) is 6.07 Å². The zero-order valence-electron chi connectivity index (χ0n) is 8.38. The van der Waals surface area contributed by atoms with Crippen LogP contribution in [0.4, 0.5) is 0 Å². The van der Waals surface area contributed by atoms with Gasteiger partial charge in [-0.3, -0.25) is 4.48 Å². The van der Waals surface area contributed by atoms with Crippen molar-refractivity contribution in [3.05, 3.63) is 54.9 Å². The fraction of sp³-hybridized carbons (Fsp3) is 0.182. The molecule has 14 heavy (non-hydrogen) atoms. The standard InChI is InChI=1S/C11H14BN2/c1-2-13-9-7-4-8-12(13)14-10-5-3-6-11-14/h3-11H,2H2,1H3/q+1. The van der Waals surface area contributed by atoms with Gasteiger partial charge in [-0.2, -0.15) is 0 Å². The SMILES string of the molecule is CCN1C=CC=CB1[n+]1ccccc1. The molecule has 0 unspecified atom stereocenters. The molecule has 70 valence electrons. The third-order valence-corrected chi connectivity index (χ3v) is 2.42. The van der Waals surface area contributed by atoms with Gasteiger partial charge in [0.2, 0.25) is 0 Å². The van der Waals surface area contributed by atoms with Gasteiger partial charge in [0.15, 0.2) is 0 Å². The molecule has 0 bridgehead atoms. The Bertz CT molecular complexity index is 346. The molecular weight excluding hydrogens is 171 g/mol. The van der Waals surface area contributed by atoms with Gasteiger partial charge in [0, 0.05) is 6.54 Å². The molecule has 0 saturated carbocycles. The summed E-state index contributed by atoms with van der Waals surface area (Å²) in [5.41, 5.74) is 0. The summed E-state index contributed by atoms with van der Waals surface area (Å²) >= 11 is 0. The Hall–Kier alpha value is -1.51. The van der Waals surface area contributed by atoms with E-state index in [2.05, 4.69) is 65.1 Å². The average molecular weight is 185 g/mol. The highest BCUT2D eigenvalue weighted by atomic mass is 15.1. The molecule has 0 aliphatic carbocycles. The van der Waals surface area contributed by atoms with E-state index < -0.39 is 0 Å². The fourth-order valence-electron chi connectivity index (χ4n) is 1.67. The molecule has 1 aromatic heterocycles. The molecule has 0 radical (unpaired) electrons. The molecule has 3 heteroatoms. The molecule has 2 nitrogen and oxygen atoms in total. The summed E-state index contributed by atoms with van der Waals surface area (Å²) in [5, 5.41) is 0. The van der Waals surface area contributed by atoms with Gasteiger partial charge in [-0.05, 0) is 37.3 Å². The van der Waals surface area contributed by atoms with E-state index in [-0.39, 0.29) is 0 Å². The number of pyridine rings is 1. The van der Waals surface area contributed by atoms with Crippen LogP contribution in [0.3, 0.4) is 0 Å². The van der Waals surface area contributed by atoms with Crippen LogP contribution in [0.15, 0.2) is 54.9 Å². The fourth-order valence-corrected chi connectivity index (χ4v) is 1.67. The normalized spacial score (nSPS) is 14.9. The molecule has 0 amide bonds. The Morgan fingerprint density at radius 1 is 1.14 bits per heavy atom. The number of allylic oxidation sites excluding steroid dienone is 2. The minimum atomic E-state index is 0.325. The highest BCUT2D eigenvalue weighted by molar-refractivity contribution is 6.53. The van der Waals surface area contributed by atoms with Crippen LogP contribution >= 0.6 is 0 Å². The van der Waals surface area contributed by atoms with Gasteiger partial charge in [-0.25, -0.2) is 0 Å². The molecule has 0 saturated heterocycles. The Labute approximate surface area is 85.3 Å². The van der Waals surface area contributed by atoms with Gasteiger partial charge in [-0.15, -0.1) is 0 Å².